The molecule has 4 nitrogen and oxygen atoms in total. The van der Waals surface area contributed by atoms with E-state index in [1.165, 1.54) is 0 Å². The molecule has 0 unspecified atom stereocenters. The molecule has 0 aliphatic heterocycles. The highest BCUT2D eigenvalue weighted by atomic mass is 16.5. The Kier molecular flexibility index (Phi) is 6.18. The van der Waals surface area contributed by atoms with Crippen LogP contribution in [0.2, 0.25) is 0 Å². The van der Waals surface area contributed by atoms with Crippen molar-refractivity contribution in [3.8, 4) is 0 Å². The van der Waals surface area contributed by atoms with Crippen LogP contribution in [0.25, 0.3) is 0 Å². The van der Waals surface area contributed by atoms with Crippen LogP contribution in [0.5, 0.6) is 0 Å². The van der Waals surface area contributed by atoms with E-state index in [9.17, 15) is 9.90 Å². The topological polar surface area (TPSA) is 58.6 Å². The molecule has 0 radical (unpaired) electrons. The number of aliphatic hydroxyl groups excluding tert-OH is 1. The third kappa shape index (κ3) is 4.11. The minimum absolute atomic E-state index is 0.0765. The number of aliphatic hydroxyl groups is 1. The summed E-state index contributed by atoms with van der Waals surface area (Å²) in [5.41, 5.74) is 1.06. The highest BCUT2D eigenvalue weighted by Gasteiger charge is 2.35. The molecule has 1 amide bonds. The first kappa shape index (κ1) is 17.0. The van der Waals surface area contributed by atoms with Gasteiger partial charge in [-0.15, -0.1) is 0 Å². The van der Waals surface area contributed by atoms with Crippen molar-refractivity contribution in [2.45, 2.75) is 18.8 Å². The van der Waals surface area contributed by atoms with Crippen LogP contribution in [0.3, 0.4) is 0 Å². The van der Waals surface area contributed by atoms with Crippen LogP contribution in [0.1, 0.15) is 24.5 Å². The molecule has 0 bridgehead atoms. The maximum Gasteiger partial charge on any atom is 0.407 e. The number of carbonyl (C=O) groups excluding carboxylic acids is 1. The van der Waals surface area contributed by atoms with Gasteiger partial charge in [-0.1, -0.05) is 67.6 Å². The zero-order chi connectivity index (χ0) is 16.5. The molecule has 2 aromatic rings. The van der Waals surface area contributed by atoms with Crippen LogP contribution in [0.15, 0.2) is 60.7 Å². The summed E-state index contributed by atoms with van der Waals surface area (Å²) in [6.45, 7) is 2.48. The minimum atomic E-state index is -0.772. The highest BCUT2D eigenvalue weighted by Crippen LogP contribution is 2.32. The van der Waals surface area contributed by atoms with Gasteiger partial charge in [0.25, 0.3) is 0 Å². The van der Waals surface area contributed by atoms with Gasteiger partial charge >= 0.3 is 6.09 Å². The fourth-order valence-corrected chi connectivity index (χ4v) is 2.54. The van der Waals surface area contributed by atoms with Crippen molar-refractivity contribution in [3.63, 3.8) is 0 Å². The van der Waals surface area contributed by atoms with Crippen LogP contribution < -0.4 is 5.32 Å². The summed E-state index contributed by atoms with van der Waals surface area (Å²) in [6, 6.07) is 19.3. The quantitative estimate of drug-likeness (QED) is 0.826. The Morgan fingerprint density at radius 2 is 1.57 bits per heavy atom. The standard InChI is InChI=1S/C19H23NO3/c1-2-13-20-18(22)23-15-19(14-21,16-9-5-3-6-10-16)17-11-7-4-8-12-17/h3-12,21H,2,13-15H2,1H3,(H,20,22). The zero-order valence-corrected chi connectivity index (χ0v) is 13.4. The summed E-state index contributed by atoms with van der Waals surface area (Å²) in [6.07, 6.45) is 0.383. The Morgan fingerprint density at radius 1 is 1.04 bits per heavy atom. The molecule has 23 heavy (non-hydrogen) atoms. The lowest BCUT2D eigenvalue weighted by Gasteiger charge is -2.32. The maximum absolute atomic E-state index is 11.8. The van der Waals surface area contributed by atoms with E-state index in [0.29, 0.717) is 6.54 Å². The lowest BCUT2D eigenvalue weighted by Crippen LogP contribution is -2.40. The van der Waals surface area contributed by atoms with Crippen molar-refractivity contribution >= 4 is 6.09 Å². The van der Waals surface area contributed by atoms with Gasteiger partial charge in [-0.2, -0.15) is 0 Å². The Balaban J connectivity index is 2.30. The Labute approximate surface area is 137 Å². The monoisotopic (exact) mass is 313 g/mol. The number of amides is 1. The van der Waals surface area contributed by atoms with Crippen LogP contribution >= 0.6 is 0 Å². The fourth-order valence-electron chi connectivity index (χ4n) is 2.54. The van der Waals surface area contributed by atoms with E-state index < -0.39 is 11.5 Å². The molecule has 0 saturated heterocycles. The number of nitrogens with one attached hydrogen (secondary N) is 1. The number of carbonyl (C=O) groups is 1. The predicted octanol–water partition coefficient (Wildman–Crippen LogP) is 3.10. The molecule has 2 rings (SSSR count). The smallest absolute Gasteiger partial charge is 0.407 e. The molecular weight excluding hydrogens is 290 g/mol. The average Bonchev–Trinajstić information content (AvgIpc) is 2.62. The second kappa shape index (κ2) is 8.34. The second-order valence-corrected chi connectivity index (χ2v) is 5.48. The van der Waals surface area contributed by atoms with Crippen LogP contribution in [-0.2, 0) is 10.2 Å². The number of alkyl carbamates (subject to hydrolysis) is 1. The van der Waals surface area contributed by atoms with Crippen LogP contribution in [-0.4, -0.2) is 31.0 Å². The first-order valence-corrected chi connectivity index (χ1v) is 7.85. The van der Waals surface area contributed by atoms with Crippen LogP contribution in [0.4, 0.5) is 4.79 Å². The molecule has 0 spiro atoms. The highest BCUT2D eigenvalue weighted by molar-refractivity contribution is 5.67. The Hall–Kier alpha value is -2.33. The lowest BCUT2D eigenvalue weighted by molar-refractivity contribution is 0.0996. The number of ether oxygens (including phenoxy) is 1. The van der Waals surface area contributed by atoms with Crippen molar-refractivity contribution in [3.05, 3.63) is 71.8 Å². The Morgan fingerprint density at radius 3 is 2.00 bits per heavy atom. The number of rotatable bonds is 7. The van der Waals surface area contributed by atoms with E-state index in [-0.39, 0.29) is 13.2 Å². The van der Waals surface area contributed by atoms with E-state index in [1.54, 1.807) is 0 Å². The molecule has 0 aromatic heterocycles. The van der Waals surface area contributed by atoms with Crippen LogP contribution in [0, 0.1) is 0 Å². The van der Waals surface area contributed by atoms with E-state index >= 15 is 0 Å². The largest absolute Gasteiger partial charge is 0.448 e. The molecule has 0 aliphatic rings. The van der Waals surface area contributed by atoms with Crippen molar-refractivity contribution < 1.29 is 14.6 Å². The summed E-state index contributed by atoms with van der Waals surface area (Å²) in [4.78, 5) is 11.8. The van der Waals surface area contributed by atoms with Gasteiger partial charge in [-0.3, -0.25) is 0 Å². The third-order valence-corrected chi connectivity index (χ3v) is 3.89. The third-order valence-electron chi connectivity index (χ3n) is 3.89. The molecule has 0 saturated carbocycles. The van der Waals surface area contributed by atoms with Gasteiger partial charge in [-0.25, -0.2) is 4.79 Å². The van der Waals surface area contributed by atoms with E-state index in [0.717, 1.165) is 17.5 Å². The number of hydrogen-bond donors (Lipinski definition) is 2. The second-order valence-electron chi connectivity index (χ2n) is 5.48. The summed E-state index contributed by atoms with van der Waals surface area (Å²) in [5, 5.41) is 12.8. The van der Waals surface area contributed by atoms with Gasteiger partial charge in [0, 0.05) is 6.54 Å². The van der Waals surface area contributed by atoms with Gasteiger partial charge in [-0.05, 0) is 17.5 Å². The van der Waals surface area contributed by atoms with Gasteiger partial charge < -0.3 is 15.2 Å². The summed E-state index contributed by atoms with van der Waals surface area (Å²) >= 11 is 0. The molecule has 2 aromatic carbocycles. The predicted molar refractivity (Wildman–Crippen MR) is 90.4 cm³/mol. The van der Waals surface area contributed by atoms with Gasteiger partial charge in [0.05, 0.1) is 12.0 Å². The zero-order valence-electron chi connectivity index (χ0n) is 13.4. The molecule has 4 heteroatoms. The molecule has 122 valence electrons. The Bertz CT molecular complexity index is 559. The summed E-state index contributed by atoms with van der Waals surface area (Å²) < 4.78 is 5.40. The molecule has 0 aliphatic carbocycles. The molecular formula is C19H23NO3. The minimum Gasteiger partial charge on any atom is -0.448 e. The average molecular weight is 313 g/mol. The maximum atomic E-state index is 11.8. The number of benzene rings is 2. The lowest BCUT2D eigenvalue weighted by atomic mass is 9.76. The molecule has 0 atom stereocenters. The molecule has 2 N–H and O–H groups in total. The van der Waals surface area contributed by atoms with E-state index in [1.807, 2.05) is 67.6 Å². The van der Waals surface area contributed by atoms with Gasteiger partial charge in [0.1, 0.15) is 6.61 Å². The first-order valence-electron chi connectivity index (χ1n) is 7.85. The van der Waals surface area contributed by atoms with E-state index in [2.05, 4.69) is 5.32 Å². The first-order chi connectivity index (χ1) is 11.2. The van der Waals surface area contributed by atoms with Crippen molar-refractivity contribution in [1.29, 1.82) is 0 Å². The SMILES string of the molecule is CCCNC(=O)OCC(CO)(c1ccccc1)c1ccccc1. The molecule has 0 heterocycles. The normalized spacial score (nSPS) is 11.0. The molecule has 0 fully saturated rings. The van der Waals surface area contributed by atoms with Gasteiger partial charge in [0.2, 0.25) is 0 Å². The van der Waals surface area contributed by atoms with Crippen molar-refractivity contribution in [1.82, 2.24) is 5.32 Å². The van der Waals surface area contributed by atoms with Crippen molar-refractivity contribution in [2.24, 2.45) is 0 Å². The summed E-state index contributed by atoms with van der Waals surface area (Å²) in [5.74, 6) is 0. The number of hydrogen-bond acceptors (Lipinski definition) is 3. The van der Waals surface area contributed by atoms with Crippen molar-refractivity contribution in [2.75, 3.05) is 19.8 Å². The fraction of sp³-hybridized carbons (Fsp3) is 0.316. The van der Waals surface area contributed by atoms with Gasteiger partial charge in [0.15, 0.2) is 0 Å². The summed E-state index contributed by atoms with van der Waals surface area (Å²) in [7, 11) is 0. The van der Waals surface area contributed by atoms with E-state index in [4.69, 9.17) is 4.74 Å².